The molecule has 2 aromatic carbocycles. The first-order chi connectivity index (χ1) is 13.9. The van der Waals surface area contributed by atoms with E-state index in [0.717, 1.165) is 0 Å². The maximum absolute atomic E-state index is 12.3. The first-order valence-corrected chi connectivity index (χ1v) is 10.7. The zero-order valence-corrected chi connectivity index (χ0v) is 17.0. The van der Waals surface area contributed by atoms with Gasteiger partial charge in [0.15, 0.2) is 9.84 Å². The molecule has 0 aliphatic rings. The Kier molecular flexibility index (Phi) is 6.50. The Hall–Kier alpha value is -2.91. The number of nitrogens with one attached hydrogen (secondary N) is 1. The highest BCUT2D eigenvalue weighted by Crippen LogP contribution is 2.29. The first kappa shape index (κ1) is 20.8. The number of carbonyl (C=O) groups is 1. The van der Waals surface area contributed by atoms with Crippen LogP contribution < -0.4 is 10.1 Å². The van der Waals surface area contributed by atoms with E-state index >= 15 is 0 Å². The van der Waals surface area contributed by atoms with Crippen LogP contribution in [0.5, 0.6) is 5.75 Å². The number of para-hydroxylation sites is 1. The van der Waals surface area contributed by atoms with Gasteiger partial charge >= 0.3 is 6.01 Å². The number of hydrogen-bond donors (Lipinski definition) is 1. The quantitative estimate of drug-likeness (QED) is 0.575. The number of nitrogens with zero attached hydrogens (tertiary/aromatic N) is 2. The summed E-state index contributed by atoms with van der Waals surface area (Å²) in [6.45, 7) is 0. The lowest BCUT2D eigenvalue weighted by Crippen LogP contribution is -2.14. The second-order valence-corrected chi connectivity index (χ2v) is 8.58. The fourth-order valence-electron chi connectivity index (χ4n) is 2.57. The summed E-state index contributed by atoms with van der Waals surface area (Å²) in [4.78, 5) is 12.2. The molecule has 10 heteroatoms. The predicted octanol–water partition coefficient (Wildman–Crippen LogP) is 3.59. The molecular formula is C19H18ClN3O5S. The molecule has 1 N–H and O–H groups in total. The third-order valence-electron chi connectivity index (χ3n) is 4.00. The van der Waals surface area contributed by atoms with E-state index in [1.807, 2.05) is 0 Å². The summed E-state index contributed by atoms with van der Waals surface area (Å²) in [5, 5.41) is 10.6. The van der Waals surface area contributed by atoms with Crippen molar-refractivity contribution in [2.45, 2.75) is 17.7 Å². The van der Waals surface area contributed by atoms with Gasteiger partial charge in [0.05, 0.1) is 23.3 Å². The summed E-state index contributed by atoms with van der Waals surface area (Å²) < 4.78 is 35.2. The maximum Gasteiger partial charge on any atom is 0.322 e. The molecule has 1 amide bonds. The van der Waals surface area contributed by atoms with Crippen molar-refractivity contribution in [2.75, 3.05) is 18.2 Å². The molecule has 0 aliphatic carbocycles. The molecule has 0 saturated carbocycles. The van der Waals surface area contributed by atoms with E-state index in [0.29, 0.717) is 16.3 Å². The Morgan fingerprint density at radius 2 is 1.86 bits per heavy atom. The van der Waals surface area contributed by atoms with Gasteiger partial charge in [0.2, 0.25) is 5.91 Å². The van der Waals surface area contributed by atoms with Crippen molar-refractivity contribution in [3.8, 4) is 17.2 Å². The van der Waals surface area contributed by atoms with Gasteiger partial charge in [0.25, 0.3) is 5.89 Å². The van der Waals surface area contributed by atoms with Crippen molar-refractivity contribution in [2.24, 2.45) is 0 Å². The molecule has 0 aliphatic heterocycles. The molecule has 0 bridgehead atoms. The van der Waals surface area contributed by atoms with E-state index in [1.165, 1.54) is 31.4 Å². The molecule has 29 heavy (non-hydrogen) atoms. The van der Waals surface area contributed by atoms with Gasteiger partial charge in [-0.2, -0.15) is 0 Å². The largest absolute Gasteiger partial charge is 0.496 e. The Balaban J connectivity index is 1.55. The summed E-state index contributed by atoms with van der Waals surface area (Å²) in [5.74, 6) is 0.161. The zero-order chi connectivity index (χ0) is 20.9. The third-order valence-corrected chi connectivity index (χ3v) is 6.07. The fourth-order valence-corrected chi connectivity index (χ4v) is 4.01. The van der Waals surface area contributed by atoms with Crippen molar-refractivity contribution in [3.05, 3.63) is 53.6 Å². The van der Waals surface area contributed by atoms with Crippen LogP contribution in [0.25, 0.3) is 11.5 Å². The van der Waals surface area contributed by atoms with Gasteiger partial charge < -0.3 is 9.15 Å². The minimum atomic E-state index is -3.49. The van der Waals surface area contributed by atoms with Crippen LogP contribution in [0.3, 0.4) is 0 Å². The van der Waals surface area contributed by atoms with Gasteiger partial charge in [0, 0.05) is 11.4 Å². The summed E-state index contributed by atoms with van der Waals surface area (Å²) in [6, 6.07) is 12.9. The molecule has 3 aromatic rings. The van der Waals surface area contributed by atoms with E-state index < -0.39 is 15.7 Å². The van der Waals surface area contributed by atoms with Gasteiger partial charge in [-0.05, 0) is 42.8 Å². The average Bonchev–Trinajstić information content (AvgIpc) is 3.16. The molecule has 8 nitrogen and oxygen atoms in total. The van der Waals surface area contributed by atoms with Crippen LogP contribution >= 0.6 is 11.6 Å². The molecular weight excluding hydrogens is 418 g/mol. The lowest BCUT2D eigenvalue weighted by Gasteiger charge is -2.05. The number of carbonyl (C=O) groups excluding carboxylic acids is 1. The van der Waals surface area contributed by atoms with Crippen LogP contribution in [0.2, 0.25) is 5.02 Å². The Morgan fingerprint density at radius 3 is 2.59 bits per heavy atom. The van der Waals surface area contributed by atoms with Crippen LogP contribution in [-0.2, 0) is 14.6 Å². The van der Waals surface area contributed by atoms with E-state index in [1.54, 1.807) is 24.3 Å². The topological polar surface area (TPSA) is 111 Å². The maximum atomic E-state index is 12.3. The predicted molar refractivity (Wildman–Crippen MR) is 108 cm³/mol. The summed E-state index contributed by atoms with van der Waals surface area (Å²) in [6.07, 6.45) is 0.128. The molecule has 0 fully saturated rings. The van der Waals surface area contributed by atoms with Gasteiger partial charge in [-0.25, -0.2) is 8.42 Å². The number of amides is 1. The van der Waals surface area contributed by atoms with Crippen LogP contribution in [0.15, 0.2) is 57.8 Å². The molecule has 1 aromatic heterocycles. The number of anilines is 1. The van der Waals surface area contributed by atoms with Crippen molar-refractivity contribution in [1.82, 2.24) is 10.2 Å². The standard InChI is InChI=1S/C19H18ClN3O5S/c1-27-16-6-3-2-5-15(16)18-22-23-19(28-18)21-17(24)7-4-12-29(25,26)14-10-8-13(20)9-11-14/h2-3,5-6,8-11H,4,7,12H2,1H3,(H,21,23,24). The Labute approximate surface area is 172 Å². The third kappa shape index (κ3) is 5.33. The number of halogens is 1. The summed E-state index contributed by atoms with van der Waals surface area (Å²) >= 11 is 5.77. The fraction of sp³-hybridized carbons (Fsp3) is 0.211. The molecule has 0 saturated heterocycles. The van der Waals surface area contributed by atoms with Crippen molar-refractivity contribution >= 4 is 33.4 Å². The zero-order valence-electron chi connectivity index (χ0n) is 15.5. The van der Waals surface area contributed by atoms with E-state index in [2.05, 4.69) is 15.5 Å². The second kappa shape index (κ2) is 9.06. The number of sulfone groups is 1. The van der Waals surface area contributed by atoms with E-state index in [9.17, 15) is 13.2 Å². The minimum absolute atomic E-state index is 0.0147. The molecule has 0 unspecified atom stereocenters. The smallest absolute Gasteiger partial charge is 0.322 e. The molecule has 0 atom stereocenters. The number of benzene rings is 2. The van der Waals surface area contributed by atoms with Gasteiger partial charge in [-0.15, -0.1) is 5.10 Å². The lowest BCUT2D eigenvalue weighted by molar-refractivity contribution is -0.116. The second-order valence-electron chi connectivity index (χ2n) is 6.04. The van der Waals surface area contributed by atoms with Gasteiger partial charge in [-0.1, -0.05) is 28.8 Å². The molecule has 152 valence electrons. The van der Waals surface area contributed by atoms with Crippen LogP contribution in [0, 0.1) is 0 Å². The normalized spacial score (nSPS) is 11.2. The molecule has 3 rings (SSSR count). The molecule has 0 spiro atoms. The number of hydrogen-bond acceptors (Lipinski definition) is 7. The SMILES string of the molecule is COc1ccccc1-c1nnc(NC(=O)CCCS(=O)(=O)c2ccc(Cl)cc2)o1. The van der Waals surface area contributed by atoms with Crippen molar-refractivity contribution < 1.29 is 22.4 Å². The number of methoxy groups -OCH3 is 1. The van der Waals surface area contributed by atoms with E-state index in [-0.39, 0.29) is 35.4 Å². The van der Waals surface area contributed by atoms with Crippen molar-refractivity contribution in [1.29, 1.82) is 0 Å². The molecule has 1 heterocycles. The highest BCUT2D eigenvalue weighted by Gasteiger charge is 2.17. The van der Waals surface area contributed by atoms with E-state index in [4.69, 9.17) is 20.8 Å². The highest BCUT2D eigenvalue weighted by atomic mass is 35.5. The Morgan fingerprint density at radius 1 is 1.14 bits per heavy atom. The number of aromatic nitrogens is 2. The van der Waals surface area contributed by atoms with Crippen LogP contribution in [0.1, 0.15) is 12.8 Å². The van der Waals surface area contributed by atoms with Gasteiger partial charge in [-0.3, -0.25) is 10.1 Å². The first-order valence-electron chi connectivity index (χ1n) is 8.64. The molecule has 0 radical (unpaired) electrons. The monoisotopic (exact) mass is 435 g/mol. The minimum Gasteiger partial charge on any atom is -0.496 e. The van der Waals surface area contributed by atoms with Gasteiger partial charge in [0.1, 0.15) is 5.75 Å². The summed E-state index contributed by atoms with van der Waals surface area (Å²) in [7, 11) is -1.97. The Bertz CT molecular complexity index is 1100. The number of rotatable bonds is 8. The van der Waals surface area contributed by atoms with Crippen LogP contribution in [0.4, 0.5) is 6.01 Å². The van der Waals surface area contributed by atoms with Crippen molar-refractivity contribution in [3.63, 3.8) is 0 Å². The summed E-state index contributed by atoms with van der Waals surface area (Å²) in [5.41, 5.74) is 0.594. The number of ether oxygens (including phenoxy) is 1. The average molecular weight is 436 g/mol. The highest BCUT2D eigenvalue weighted by molar-refractivity contribution is 7.91. The van der Waals surface area contributed by atoms with Crippen LogP contribution in [-0.4, -0.2) is 37.4 Å². The lowest BCUT2D eigenvalue weighted by atomic mass is 10.2.